The minimum atomic E-state index is 0.207. The van der Waals surface area contributed by atoms with E-state index in [1.54, 1.807) is 0 Å². The van der Waals surface area contributed by atoms with E-state index in [0.717, 1.165) is 12.1 Å². The maximum absolute atomic E-state index is 5.61. The van der Waals surface area contributed by atoms with E-state index in [1.807, 2.05) is 18.7 Å². The fraction of sp³-hybridized carbons (Fsp3) is 0.727. The number of hydrogen-bond donors (Lipinski definition) is 2. The van der Waals surface area contributed by atoms with Gasteiger partial charge in [0, 0.05) is 24.3 Å². The van der Waals surface area contributed by atoms with E-state index in [0.29, 0.717) is 5.92 Å². The number of nitrogens with zero attached hydrogens (tertiary/aromatic N) is 2. The third-order valence-electron chi connectivity index (χ3n) is 2.82. The van der Waals surface area contributed by atoms with Gasteiger partial charge in [-0.25, -0.2) is 0 Å². The standard InChI is InChI=1S/C11H22N4/c1-7(2)6-10(13-12)11-8(3)14-15(5)9(11)4/h7,10,13H,6,12H2,1-5H3. The molecule has 4 heteroatoms. The predicted molar refractivity (Wildman–Crippen MR) is 62.2 cm³/mol. The van der Waals surface area contributed by atoms with E-state index < -0.39 is 0 Å². The van der Waals surface area contributed by atoms with Gasteiger partial charge >= 0.3 is 0 Å². The summed E-state index contributed by atoms with van der Waals surface area (Å²) in [6.07, 6.45) is 1.03. The molecule has 1 unspecified atom stereocenters. The highest BCUT2D eigenvalue weighted by Gasteiger charge is 2.19. The maximum atomic E-state index is 5.61. The summed E-state index contributed by atoms with van der Waals surface area (Å²) in [4.78, 5) is 0. The molecule has 0 radical (unpaired) electrons. The Labute approximate surface area is 91.8 Å². The third-order valence-corrected chi connectivity index (χ3v) is 2.82. The molecular weight excluding hydrogens is 188 g/mol. The van der Waals surface area contributed by atoms with Crippen molar-refractivity contribution in [2.24, 2.45) is 18.8 Å². The first-order chi connectivity index (χ1) is 6.97. The van der Waals surface area contributed by atoms with Crippen molar-refractivity contribution in [2.45, 2.75) is 40.2 Å². The quantitative estimate of drug-likeness (QED) is 0.586. The lowest BCUT2D eigenvalue weighted by Gasteiger charge is -2.18. The van der Waals surface area contributed by atoms with E-state index in [2.05, 4.69) is 31.3 Å². The molecule has 86 valence electrons. The predicted octanol–water partition coefficient (Wildman–Crippen LogP) is 1.59. The monoisotopic (exact) mass is 210 g/mol. The molecule has 0 aliphatic rings. The van der Waals surface area contributed by atoms with Crippen LogP contribution in [-0.2, 0) is 7.05 Å². The highest BCUT2D eigenvalue weighted by Crippen LogP contribution is 2.25. The highest BCUT2D eigenvalue weighted by atomic mass is 15.3. The molecule has 1 heterocycles. The molecule has 0 aliphatic heterocycles. The van der Waals surface area contributed by atoms with Crippen molar-refractivity contribution in [1.82, 2.24) is 15.2 Å². The van der Waals surface area contributed by atoms with Gasteiger partial charge in [0.2, 0.25) is 0 Å². The largest absolute Gasteiger partial charge is 0.272 e. The van der Waals surface area contributed by atoms with Crippen LogP contribution in [0.2, 0.25) is 0 Å². The molecular formula is C11H22N4. The van der Waals surface area contributed by atoms with Crippen molar-refractivity contribution in [3.8, 4) is 0 Å². The van der Waals surface area contributed by atoms with Crippen LogP contribution in [0.3, 0.4) is 0 Å². The lowest BCUT2D eigenvalue weighted by molar-refractivity contribution is 0.435. The third kappa shape index (κ3) is 2.58. The van der Waals surface area contributed by atoms with Gasteiger partial charge in [-0.2, -0.15) is 5.10 Å². The lowest BCUT2D eigenvalue weighted by atomic mass is 9.96. The first kappa shape index (κ1) is 12.2. The normalized spacial score (nSPS) is 13.5. The van der Waals surface area contributed by atoms with Gasteiger partial charge in [-0.15, -0.1) is 0 Å². The molecule has 1 aromatic rings. The number of rotatable bonds is 4. The highest BCUT2D eigenvalue weighted by molar-refractivity contribution is 5.28. The molecule has 0 fully saturated rings. The fourth-order valence-electron chi connectivity index (χ4n) is 2.03. The Morgan fingerprint density at radius 3 is 2.33 bits per heavy atom. The Hall–Kier alpha value is -0.870. The maximum Gasteiger partial charge on any atom is 0.0644 e. The summed E-state index contributed by atoms with van der Waals surface area (Å²) in [7, 11) is 1.97. The minimum Gasteiger partial charge on any atom is -0.272 e. The molecule has 0 aliphatic carbocycles. The smallest absolute Gasteiger partial charge is 0.0644 e. The Bertz CT molecular complexity index is 328. The molecule has 0 saturated carbocycles. The van der Waals surface area contributed by atoms with Crippen LogP contribution in [0, 0.1) is 19.8 Å². The Kier molecular flexibility index (Phi) is 3.88. The van der Waals surface area contributed by atoms with Gasteiger partial charge in [0.15, 0.2) is 0 Å². The van der Waals surface area contributed by atoms with Crippen LogP contribution in [-0.4, -0.2) is 9.78 Å². The second kappa shape index (κ2) is 4.77. The van der Waals surface area contributed by atoms with Gasteiger partial charge in [0.25, 0.3) is 0 Å². The van der Waals surface area contributed by atoms with E-state index in [9.17, 15) is 0 Å². The van der Waals surface area contributed by atoms with Crippen LogP contribution in [0.4, 0.5) is 0 Å². The Morgan fingerprint density at radius 1 is 1.40 bits per heavy atom. The Balaban J connectivity index is 3.00. The zero-order valence-corrected chi connectivity index (χ0v) is 10.3. The summed E-state index contributed by atoms with van der Waals surface area (Å²) in [5.41, 5.74) is 6.39. The van der Waals surface area contributed by atoms with E-state index in [-0.39, 0.29) is 6.04 Å². The SMILES string of the molecule is Cc1nn(C)c(C)c1C(CC(C)C)NN. The first-order valence-corrected chi connectivity index (χ1v) is 5.43. The van der Waals surface area contributed by atoms with Gasteiger partial charge in [0.05, 0.1) is 5.69 Å². The van der Waals surface area contributed by atoms with Crippen molar-refractivity contribution in [3.63, 3.8) is 0 Å². The molecule has 0 bridgehead atoms. The molecule has 0 saturated heterocycles. The topological polar surface area (TPSA) is 55.9 Å². The van der Waals surface area contributed by atoms with Crippen LogP contribution < -0.4 is 11.3 Å². The van der Waals surface area contributed by atoms with E-state index >= 15 is 0 Å². The van der Waals surface area contributed by atoms with Crippen LogP contribution in [0.25, 0.3) is 0 Å². The van der Waals surface area contributed by atoms with Crippen molar-refractivity contribution >= 4 is 0 Å². The second-order valence-electron chi connectivity index (χ2n) is 4.56. The molecule has 1 atom stereocenters. The number of aromatic nitrogens is 2. The molecule has 0 aromatic carbocycles. The van der Waals surface area contributed by atoms with Crippen LogP contribution >= 0.6 is 0 Å². The van der Waals surface area contributed by atoms with Gasteiger partial charge < -0.3 is 0 Å². The molecule has 15 heavy (non-hydrogen) atoms. The van der Waals surface area contributed by atoms with Gasteiger partial charge in [-0.3, -0.25) is 16.0 Å². The van der Waals surface area contributed by atoms with E-state index in [1.165, 1.54) is 11.3 Å². The van der Waals surface area contributed by atoms with Crippen molar-refractivity contribution < 1.29 is 0 Å². The second-order valence-corrected chi connectivity index (χ2v) is 4.56. The summed E-state index contributed by atoms with van der Waals surface area (Å²) in [5.74, 6) is 6.23. The summed E-state index contributed by atoms with van der Waals surface area (Å²) in [6, 6.07) is 0.207. The van der Waals surface area contributed by atoms with Crippen molar-refractivity contribution in [1.29, 1.82) is 0 Å². The van der Waals surface area contributed by atoms with Crippen LogP contribution in [0.5, 0.6) is 0 Å². The molecule has 0 spiro atoms. The van der Waals surface area contributed by atoms with Crippen LogP contribution in [0.15, 0.2) is 0 Å². The molecule has 0 amide bonds. The Morgan fingerprint density at radius 2 is 2.00 bits per heavy atom. The van der Waals surface area contributed by atoms with E-state index in [4.69, 9.17) is 5.84 Å². The van der Waals surface area contributed by atoms with Gasteiger partial charge in [-0.05, 0) is 26.2 Å². The minimum absolute atomic E-state index is 0.207. The molecule has 4 nitrogen and oxygen atoms in total. The summed E-state index contributed by atoms with van der Waals surface area (Å²) >= 11 is 0. The van der Waals surface area contributed by atoms with Gasteiger partial charge in [0.1, 0.15) is 0 Å². The van der Waals surface area contributed by atoms with Crippen molar-refractivity contribution in [2.75, 3.05) is 0 Å². The number of hydrogen-bond acceptors (Lipinski definition) is 3. The molecule has 1 aromatic heterocycles. The van der Waals surface area contributed by atoms with Gasteiger partial charge in [-0.1, -0.05) is 13.8 Å². The zero-order chi connectivity index (χ0) is 11.6. The summed E-state index contributed by atoms with van der Waals surface area (Å²) in [6.45, 7) is 8.52. The fourth-order valence-corrected chi connectivity index (χ4v) is 2.03. The molecule has 3 N–H and O–H groups in total. The average molecular weight is 210 g/mol. The number of aryl methyl sites for hydroxylation is 2. The summed E-state index contributed by atoms with van der Waals surface area (Å²) < 4.78 is 1.91. The van der Waals surface area contributed by atoms with Crippen molar-refractivity contribution in [3.05, 3.63) is 17.0 Å². The lowest BCUT2D eigenvalue weighted by Crippen LogP contribution is -2.29. The van der Waals surface area contributed by atoms with Crippen LogP contribution in [0.1, 0.15) is 43.3 Å². The average Bonchev–Trinajstić information content (AvgIpc) is 2.38. The summed E-state index contributed by atoms with van der Waals surface area (Å²) in [5, 5.41) is 4.41. The number of hydrazine groups is 1. The number of nitrogens with one attached hydrogen (secondary N) is 1. The first-order valence-electron chi connectivity index (χ1n) is 5.43. The number of nitrogens with two attached hydrogens (primary N) is 1. The molecule has 1 rings (SSSR count). The zero-order valence-electron chi connectivity index (χ0n) is 10.3.